The molecule has 2 aliphatic heterocycles. The minimum absolute atomic E-state index is 0. The molecule has 0 spiro atoms. The molecule has 0 fully saturated rings. The molecular weight excluding hydrogens is 571 g/mol. The van der Waals surface area contributed by atoms with Crippen LogP contribution < -0.4 is 16.0 Å². The number of rotatable bonds is 5. The number of halogens is 4. The first-order valence-corrected chi connectivity index (χ1v) is 12.7. The number of fused-ring (bicyclic) bond motifs is 3. The van der Waals surface area contributed by atoms with Gasteiger partial charge in [-0.25, -0.2) is 4.98 Å². The second-order valence-corrected chi connectivity index (χ2v) is 9.78. The Morgan fingerprint density at radius 2 is 1.90 bits per heavy atom. The summed E-state index contributed by atoms with van der Waals surface area (Å²) in [6.45, 7) is 4.84. The van der Waals surface area contributed by atoms with Gasteiger partial charge < -0.3 is 16.0 Å². The number of alkyl halides is 3. The molecule has 0 saturated carbocycles. The average molecular weight is 596 g/mol. The number of aromatic nitrogens is 5. The molecule has 5 heterocycles. The van der Waals surface area contributed by atoms with Crippen molar-refractivity contribution in [2.45, 2.75) is 20.0 Å². The van der Waals surface area contributed by atoms with E-state index in [-0.39, 0.29) is 23.5 Å². The molecular formula is C28H25ClF3N9O. The maximum absolute atomic E-state index is 14.0. The summed E-state index contributed by atoms with van der Waals surface area (Å²) >= 11 is 0. The van der Waals surface area contributed by atoms with Crippen LogP contribution in [0.2, 0.25) is 0 Å². The molecule has 2 aliphatic rings. The highest BCUT2D eigenvalue weighted by atomic mass is 35.5. The molecule has 1 aromatic carbocycles. The van der Waals surface area contributed by atoms with Gasteiger partial charge in [-0.3, -0.25) is 19.5 Å². The summed E-state index contributed by atoms with van der Waals surface area (Å²) in [6, 6.07) is 7.58. The zero-order valence-corrected chi connectivity index (χ0v) is 23.5. The van der Waals surface area contributed by atoms with Gasteiger partial charge in [0.05, 0.1) is 17.8 Å². The smallest absolute Gasteiger partial charge is 0.364 e. The number of aliphatic imine (C=N–C) groups is 1. The van der Waals surface area contributed by atoms with Gasteiger partial charge in [0.25, 0.3) is 5.91 Å². The van der Waals surface area contributed by atoms with Crippen LogP contribution in [0.3, 0.4) is 0 Å². The quantitative estimate of drug-likeness (QED) is 0.334. The third-order valence-electron chi connectivity index (χ3n) is 6.98. The average Bonchev–Trinajstić information content (AvgIpc) is 3.54. The molecule has 0 atom stereocenters. The van der Waals surface area contributed by atoms with Gasteiger partial charge in [-0.2, -0.15) is 23.3 Å². The molecule has 216 valence electrons. The SMILES string of the molecule is Cc1cc(Nc2ncc3c(n2)N2CCN=C2C(c2cc(-c4c(C(F)(F)F)ccnc4C(N)=O)ccc2C)=C3)n(C)n1.Cl. The van der Waals surface area contributed by atoms with Crippen molar-refractivity contribution in [1.29, 1.82) is 0 Å². The second kappa shape index (κ2) is 10.6. The van der Waals surface area contributed by atoms with Crippen LogP contribution in [-0.4, -0.2) is 49.6 Å². The molecule has 3 aromatic heterocycles. The number of nitrogens with two attached hydrogens (primary N) is 1. The Labute approximate surface area is 244 Å². The summed E-state index contributed by atoms with van der Waals surface area (Å²) in [4.78, 5) is 31.9. The summed E-state index contributed by atoms with van der Waals surface area (Å²) in [5.74, 6) is 1.40. The molecule has 0 bridgehead atoms. The Morgan fingerprint density at radius 1 is 1.12 bits per heavy atom. The first-order chi connectivity index (χ1) is 19.5. The maximum atomic E-state index is 14.0. The molecule has 10 nitrogen and oxygen atoms in total. The molecule has 3 N–H and O–H groups in total. The lowest BCUT2D eigenvalue weighted by Crippen LogP contribution is -2.32. The van der Waals surface area contributed by atoms with Gasteiger partial charge in [0.15, 0.2) is 0 Å². The van der Waals surface area contributed by atoms with Crippen molar-refractivity contribution < 1.29 is 18.0 Å². The predicted octanol–water partition coefficient (Wildman–Crippen LogP) is 4.94. The lowest BCUT2D eigenvalue weighted by Gasteiger charge is -2.28. The van der Waals surface area contributed by atoms with Crippen LogP contribution in [0, 0.1) is 13.8 Å². The standard InChI is InChI=1S/C28H24F3N9O.ClH/c1-14-4-5-16(22-20(28(29,30)31)6-7-33-23(22)24(32)41)11-18(14)19-12-17-13-35-27(36-21-10-15(2)38-39(21)3)37-25(17)40-9-8-34-26(19)40;/h4-7,10-13H,8-9H2,1-3H3,(H2,32,41)(H,35,36,37);1H. The van der Waals surface area contributed by atoms with Crippen LogP contribution in [0.5, 0.6) is 0 Å². The highest BCUT2D eigenvalue weighted by molar-refractivity contribution is 6.36. The number of nitrogens with zero attached hydrogens (tertiary/aromatic N) is 7. The van der Waals surface area contributed by atoms with E-state index in [4.69, 9.17) is 15.7 Å². The summed E-state index contributed by atoms with van der Waals surface area (Å²) < 4.78 is 43.7. The molecule has 4 aromatic rings. The van der Waals surface area contributed by atoms with Gasteiger partial charge in [-0.1, -0.05) is 12.1 Å². The van der Waals surface area contributed by atoms with Gasteiger partial charge in [0, 0.05) is 48.8 Å². The minimum atomic E-state index is -4.72. The van der Waals surface area contributed by atoms with Crippen molar-refractivity contribution in [1.82, 2.24) is 24.7 Å². The number of hydrogen-bond acceptors (Lipinski definition) is 8. The molecule has 0 saturated heterocycles. The maximum Gasteiger partial charge on any atom is 0.417 e. The first kappa shape index (κ1) is 28.7. The fraction of sp³-hybridized carbons (Fsp3) is 0.214. The number of carbonyl (C=O) groups is 1. The Morgan fingerprint density at radius 3 is 2.60 bits per heavy atom. The van der Waals surface area contributed by atoms with E-state index in [9.17, 15) is 18.0 Å². The van der Waals surface area contributed by atoms with Crippen molar-refractivity contribution in [2.75, 3.05) is 23.3 Å². The van der Waals surface area contributed by atoms with E-state index in [0.717, 1.165) is 34.9 Å². The Kier molecular flexibility index (Phi) is 7.23. The number of anilines is 3. The summed E-state index contributed by atoms with van der Waals surface area (Å²) in [5.41, 5.74) is 7.55. The third kappa shape index (κ3) is 4.96. The van der Waals surface area contributed by atoms with Gasteiger partial charge in [-0.05, 0) is 48.7 Å². The van der Waals surface area contributed by atoms with E-state index in [0.29, 0.717) is 41.8 Å². The lowest BCUT2D eigenvalue weighted by molar-refractivity contribution is -0.137. The van der Waals surface area contributed by atoms with Crippen LogP contribution in [0.15, 0.2) is 47.7 Å². The number of aryl methyl sites for hydroxylation is 3. The molecule has 0 aliphatic carbocycles. The van der Waals surface area contributed by atoms with E-state index in [1.807, 2.05) is 37.9 Å². The monoisotopic (exact) mass is 595 g/mol. The second-order valence-electron chi connectivity index (χ2n) is 9.78. The Balaban J connectivity index is 0.00000353. The fourth-order valence-electron chi connectivity index (χ4n) is 5.15. The van der Waals surface area contributed by atoms with Crippen LogP contribution in [-0.2, 0) is 13.2 Å². The van der Waals surface area contributed by atoms with E-state index in [2.05, 4.69) is 20.4 Å². The number of pyridine rings is 1. The number of benzene rings is 1. The molecule has 1 amide bonds. The van der Waals surface area contributed by atoms with Gasteiger partial charge in [0.2, 0.25) is 5.95 Å². The molecule has 42 heavy (non-hydrogen) atoms. The van der Waals surface area contributed by atoms with Gasteiger partial charge in [0.1, 0.15) is 23.2 Å². The highest BCUT2D eigenvalue weighted by Crippen LogP contribution is 2.41. The van der Waals surface area contributed by atoms with Crippen LogP contribution in [0.25, 0.3) is 22.8 Å². The van der Waals surface area contributed by atoms with Gasteiger partial charge >= 0.3 is 6.18 Å². The molecule has 14 heteroatoms. The van der Waals surface area contributed by atoms with E-state index < -0.39 is 23.3 Å². The van der Waals surface area contributed by atoms with Crippen molar-refractivity contribution in [3.63, 3.8) is 0 Å². The van der Waals surface area contributed by atoms with Crippen molar-refractivity contribution in [2.24, 2.45) is 17.8 Å². The fourth-order valence-corrected chi connectivity index (χ4v) is 5.15. The van der Waals surface area contributed by atoms with Crippen LogP contribution in [0.1, 0.15) is 38.4 Å². The number of primary amides is 1. The normalized spacial score (nSPS) is 14.0. The third-order valence-corrected chi connectivity index (χ3v) is 6.98. The molecule has 0 radical (unpaired) electrons. The first-order valence-electron chi connectivity index (χ1n) is 12.7. The number of amidine groups is 1. The van der Waals surface area contributed by atoms with E-state index in [1.165, 1.54) is 6.07 Å². The number of amides is 1. The van der Waals surface area contributed by atoms with E-state index >= 15 is 0 Å². The zero-order chi connectivity index (χ0) is 29.1. The Hall–Kier alpha value is -4.78. The van der Waals surface area contributed by atoms with Crippen molar-refractivity contribution >= 4 is 53.4 Å². The highest BCUT2D eigenvalue weighted by Gasteiger charge is 2.37. The van der Waals surface area contributed by atoms with Crippen LogP contribution in [0.4, 0.5) is 30.8 Å². The minimum Gasteiger partial charge on any atom is -0.364 e. The lowest BCUT2D eigenvalue weighted by atomic mass is 9.90. The van der Waals surface area contributed by atoms with Gasteiger partial charge in [-0.15, -0.1) is 12.4 Å². The van der Waals surface area contributed by atoms with E-state index in [1.54, 1.807) is 23.0 Å². The molecule has 0 unspecified atom stereocenters. The van der Waals surface area contributed by atoms with Crippen molar-refractivity contribution in [3.8, 4) is 11.1 Å². The molecule has 6 rings (SSSR count). The predicted molar refractivity (Wildman–Crippen MR) is 156 cm³/mol. The summed E-state index contributed by atoms with van der Waals surface area (Å²) in [6.07, 6.45) is -0.217. The number of nitrogens with one attached hydrogen (secondary N) is 1. The zero-order valence-electron chi connectivity index (χ0n) is 22.7. The topological polar surface area (TPSA) is 127 Å². The number of hydrogen-bond donors (Lipinski definition) is 2. The number of carbonyl (C=O) groups excluding carboxylic acids is 1. The summed E-state index contributed by atoms with van der Waals surface area (Å²) in [7, 11) is 1.82. The Bertz CT molecular complexity index is 1800. The van der Waals surface area contributed by atoms with Crippen LogP contribution >= 0.6 is 12.4 Å². The van der Waals surface area contributed by atoms with Crippen molar-refractivity contribution in [3.05, 3.63) is 76.4 Å². The largest absolute Gasteiger partial charge is 0.417 e. The summed E-state index contributed by atoms with van der Waals surface area (Å²) in [5, 5.41) is 7.52.